The Kier molecular flexibility index (Phi) is 7.45. The third-order valence-electron chi connectivity index (χ3n) is 4.68. The number of carbonyl (C=O) groups excluding carboxylic acids is 1. The molecule has 0 radical (unpaired) electrons. The Hall–Kier alpha value is -3.62. The van der Waals surface area contributed by atoms with E-state index < -0.39 is 17.4 Å². The van der Waals surface area contributed by atoms with Crippen LogP contribution in [0.5, 0.6) is 17.2 Å². The molecule has 0 spiro atoms. The summed E-state index contributed by atoms with van der Waals surface area (Å²) in [4.78, 5) is 23.0. The summed E-state index contributed by atoms with van der Waals surface area (Å²) in [6, 6.07) is 8.68. The number of hydrogen-bond donors (Lipinski definition) is 3. The van der Waals surface area contributed by atoms with Crippen molar-refractivity contribution in [2.45, 2.75) is 46.5 Å². The zero-order valence-electron chi connectivity index (χ0n) is 18.9. The molecule has 0 fully saturated rings. The van der Waals surface area contributed by atoms with Crippen molar-refractivity contribution in [3.05, 3.63) is 57.6 Å². The number of hydrogen-bond acceptors (Lipinski definition) is 7. The van der Waals surface area contributed by atoms with Crippen molar-refractivity contribution in [1.29, 1.82) is 0 Å². The first-order valence-corrected chi connectivity index (χ1v) is 10.0. The van der Waals surface area contributed by atoms with Crippen LogP contribution in [0.4, 0.5) is 5.69 Å². The highest BCUT2D eigenvalue weighted by Gasteiger charge is 2.29. The molecule has 9 heteroatoms. The highest BCUT2D eigenvalue weighted by molar-refractivity contribution is 5.85. The lowest BCUT2D eigenvalue weighted by atomic mass is 9.72. The molecule has 0 heterocycles. The Morgan fingerprint density at radius 1 is 1.16 bits per heavy atom. The maximum atomic E-state index is 12.0. The van der Waals surface area contributed by atoms with Gasteiger partial charge in [0.25, 0.3) is 5.91 Å². The van der Waals surface area contributed by atoms with Gasteiger partial charge in [-0.15, -0.1) is 0 Å². The standard InChI is InChI=1S/C23H29N3O6/c1-22(2,3)14-23(4,5)16-7-9-20(18(10-16)26(30)31)32-13-21(29)25-24-12-15-6-8-17(27)11-19(15)28/h6-12,27-28H,13-14H2,1-5H3,(H,25,29)/b24-12+. The number of benzene rings is 2. The van der Waals surface area contributed by atoms with E-state index in [0.29, 0.717) is 0 Å². The van der Waals surface area contributed by atoms with Crippen LogP contribution in [0, 0.1) is 15.5 Å². The molecular formula is C23H29N3O6. The molecule has 2 aromatic rings. The maximum absolute atomic E-state index is 12.0. The van der Waals surface area contributed by atoms with Gasteiger partial charge in [-0.05, 0) is 41.0 Å². The molecule has 0 saturated heterocycles. The number of amides is 1. The summed E-state index contributed by atoms with van der Waals surface area (Å²) in [6.07, 6.45) is 2.02. The Bertz CT molecular complexity index is 1020. The van der Waals surface area contributed by atoms with E-state index in [9.17, 15) is 25.1 Å². The Morgan fingerprint density at radius 3 is 2.44 bits per heavy atom. The molecule has 172 valence electrons. The predicted molar refractivity (Wildman–Crippen MR) is 121 cm³/mol. The summed E-state index contributed by atoms with van der Waals surface area (Å²) < 4.78 is 5.36. The summed E-state index contributed by atoms with van der Waals surface area (Å²) in [5.74, 6) is -0.956. The first kappa shape index (κ1) is 24.6. The molecule has 0 aliphatic carbocycles. The lowest BCUT2D eigenvalue weighted by molar-refractivity contribution is -0.385. The molecule has 0 saturated carbocycles. The Balaban J connectivity index is 2.06. The second-order valence-electron chi connectivity index (χ2n) is 9.39. The second kappa shape index (κ2) is 9.67. The number of aromatic hydroxyl groups is 2. The number of nitro benzene ring substituents is 1. The first-order valence-electron chi connectivity index (χ1n) is 10.0. The number of rotatable bonds is 8. The number of nitrogens with zero attached hydrogens (tertiary/aromatic N) is 2. The number of hydrazone groups is 1. The highest BCUT2D eigenvalue weighted by atomic mass is 16.6. The zero-order chi connectivity index (χ0) is 24.1. The largest absolute Gasteiger partial charge is 0.508 e. The van der Waals surface area contributed by atoms with Gasteiger partial charge in [0.05, 0.1) is 11.1 Å². The van der Waals surface area contributed by atoms with Gasteiger partial charge in [-0.1, -0.05) is 40.7 Å². The van der Waals surface area contributed by atoms with E-state index in [0.717, 1.165) is 18.1 Å². The van der Waals surface area contributed by atoms with Crippen LogP contribution in [0.1, 0.15) is 52.2 Å². The zero-order valence-corrected chi connectivity index (χ0v) is 18.9. The lowest BCUT2D eigenvalue weighted by Gasteiger charge is -2.33. The molecule has 0 aliphatic heterocycles. The minimum absolute atomic E-state index is 0.0133. The minimum Gasteiger partial charge on any atom is -0.508 e. The van der Waals surface area contributed by atoms with E-state index in [2.05, 4.69) is 31.3 Å². The fourth-order valence-electron chi connectivity index (χ4n) is 3.62. The van der Waals surface area contributed by atoms with E-state index in [4.69, 9.17) is 4.74 Å². The molecule has 1 amide bonds. The number of nitrogens with one attached hydrogen (secondary N) is 1. The fourth-order valence-corrected chi connectivity index (χ4v) is 3.62. The molecule has 0 aliphatic rings. The maximum Gasteiger partial charge on any atom is 0.311 e. The van der Waals surface area contributed by atoms with Crippen LogP contribution in [-0.4, -0.2) is 33.9 Å². The predicted octanol–water partition coefficient (Wildman–Crippen LogP) is 4.25. The quantitative estimate of drug-likeness (QED) is 0.317. The molecule has 0 unspecified atom stereocenters. The van der Waals surface area contributed by atoms with E-state index >= 15 is 0 Å². The average Bonchev–Trinajstić information content (AvgIpc) is 2.66. The monoisotopic (exact) mass is 443 g/mol. The smallest absolute Gasteiger partial charge is 0.311 e. The molecule has 2 aromatic carbocycles. The second-order valence-corrected chi connectivity index (χ2v) is 9.39. The van der Waals surface area contributed by atoms with Gasteiger partial charge in [0.2, 0.25) is 0 Å². The van der Waals surface area contributed by atoms with Crippen LogP contribution in [0.25, 0.3) is 0 Å². The summed E-state index contributed by atoms with van der Waals surface area (Å²) in [5, 5.41) is 34.2. The van der Waals surface area contributed by atoms with Crippen LogP contribution in [0.2, 0.25) is 0 Å². The van der Waals surface area contributed by atoms with Crippen molar-refractivity contribution in [2.24, 2.45) is 10.5 Å². The number of phenolic OH excluding ortho intramolecular Hbond substituents is 2. The van der Waals surface area contributed by atoms with Crippen LogP contribution in [0.15, 0.2) is 41.5 Å². The van der Waals surface area contributed by atoms with E-state index in [1.54, 1.807) is 6.07 Å². The number of carbonyl (C=O) groups is 1. The van der Waals surface area contributed by atoms with Crippen LogP contribution < -0.4 is 10.2 Å². The van der Waals surface area contributed by atoms with Gasteiger partial charge >= 0.3 is 5.69 Å². The molecule has 0 aromatic heterocycles. The van der Waals surface area contributed by atoms with Gasteiger partial charge in [0.15, 0.2) is 12.4 Å². The van der Waals surface area contributed by atoms with Crippen molar-refractivity contribution in [2.75, 3.05) is 6.61 Å². The summed E-state index contributed by atoms with van der Waals surface area (Å²) >= 11 is 0. The first-order chi connectivity index (χ1) is 14.8. The van der Waals surface area contributed by atoms with Crippen molar-refractivity contribution in [1.82, 2.24) is 5.43 Å². The third-order valence-corrected chi connectivity index (χ3v) is 4.68. The Morgan fingerprint density at radius 2 is 1.84 bits per heavy atom. The van der Waals surface area contributed by atoms with Crippen LogP contribution >= 0.6 is 0 Å². The summed E-state index contributed by atoms with van der Waals surface area (Å²) in [6.45, 7) is 9.94. The molecule has 3 N–H and O–H groups in total. The molecule has 0 atom stereocenters. The van der Waals surface area contributed by atoms with E-state index in [1.807, 2.05) is 13.8 Å². The Labute approximate surface area is 186 Å². The van der Waals surface area contributed by atoms with Crippen molar-refractivity contribution < 1.29 is 24.7 Å². The molecule has 9 nitrogen and oxygen atoms in total. The van der Waals surface area contributed by atoms with Crippen LogP contribution in [0.3, 0.4) is 0 Å². The van der Waals surface area contributed by atoms with Gasteiger partial charge in [-0.2, -0.15) is 5.10 Å². The van der Waals surface area contributed by atoms with Gasteiger partial charge in [-0.25, -0.2) is 5.43 Å². The number of nitro groups is 1. The number of ether oxygens (including phenoxy) is 1. The fraction of sp³-hybridized carbons (Fsp3) is 0.391. The van der Waals surface area contributed by atoms with Crippen LogP contribution in [-0.2, 0) is 10.2 Å². The van der Waals surface area contributed by atoms with Gasteiger partial charge in [0, 0.05) is 17.7 Å². The third kappa shape index (κ3) is 6.97. The topological polar surface area (TPSA) is 134 Å². The van der Waals surface area contributed by atoms with Gasteiger partial charge in [0.1, 0.15) is 11.5 Å². The summed E-state index contributed by atoms with van der Waals surface area (Å²) in [7, 11) is 0. The molecule has 32 heavy (non-hydrogen) atoms. The lowest BCUT2D eigenvalue weighted by Crippen LogP contribution is -2.26. The van der Waals surface area contributed by atoms with Crippen molar-refractivity contribution in [3.63, 3.8) is 0 Å². The SMILES string of the molecule is CC(C)(C)CC(C)(C)c1ccc(OCC(=O)N/N=C/c2ccc(O)cc2O)c([N+](=O)[O-])c1. The highest BCUT2D eigenvalue weighted by Crippen LogP contribution is 2.39. The minimum atomic E-state index is -0.633. The molecule has 2 rings (SSSR count). The molecular weight excluding hydrogens is 414 g/mol. The van der Waals surface area contributed by atoms with Crippen molar-refractivity contribution in [3.8, 4) is 17.2 Å². The number of phenols is 2. The van der Waals surface area contributed by atoms with Crippen molar-refractivity contribution >= 4 is 17.8 Å². The van der Waals surface area contributed by atoms with Gasteiger partial charge in [-0.3, -0.25) is 14.9 Å². The summed E-state index contributed by atoms with van der Waals surface area (Å²) in [5.41, 5.74) is 2.86. The average molecular weight is 444 g/mol. The van der Waals surface area contributed by atoms with E-state index in [1.165, 1.54) is 30.5 Å². The van der Waals surface area contributed by atoms with E-state index in [-0.39, 0.29) is 39.3 Å². The van der Waals surface area contributed by atoms with Gasteiger partial charge < -0.3 is 14.9 Å². The molecule has 0 bridgehead atoms. The normalized spacial score (nSPS) is 12.0.